The lowest BCUT2D eigenvalue weighted by Gasteiger charge is -2.13. The first kappa shape index (κ1) is 30.9. The van der Waals surface area contributed by atoms with Gasteiger partial charge in [-0.25, -0.2) is 18.9 Å². The quantitative estimate of drug-likeness (QED) is 0.198. The van der Waals surface area contributed by atoms with Crippen molar-refractivity contribution in [3.8, 4) is 22.9 Å². The molecule has 2 N–H and O–H groups in total. The Balaban J connectivity index is 1.27. The van der Waals surface area contributed by atoms with Gasteiger partial charge < -0.3 is 24.8 Å². The molecule has 15 heteroatoms. The minimum Gasteiger partial charge on any atom is -0.480 e. The molecule has 2 aromatic carbocycles. The molecule has 0 radical (unpaired) electrons. The minimum absolute atomic E-state index is 0.0333. The van der Waals surface area contributed by atoms with Gasteiger partial charge in [-0.05, 0) is 42.0 Å². The Hall–Kier alpha value is -5.57. The van der Waals surface area contributed by atoms with Crippen LogP contribution in [-0.4, -0.2) is 51.5 Å². The molecule has 0 unspecified atom stereocenters. The van der Waals surface area contributed by atoms with Crippen molar-refractivity contribution in [1.29, 1.82) is 0 Å². The van der Waals surface area contributed by atoms with E-state index in [0.717, 1.165) is 23.8 Å². The molecule has 3 heterocycles. The van der Waals surface area contributed by atoms with E-state index in [0.29, 0.717) is 16.9 Å². The number of fused-ring (bicyclic) bond motifs is 1. The number of benzene rings is 2. The number of hydrogen-bond acceptors (Lipinski definition) is 8. The molecule has 2 amide bonds. The van der Waals surface area contributed by atoms with Gasteiger partial charge in [-0.15, -0.1) is 13.2 Å². The van der Waals surface area contributed by atoms with Crippen LogP contribution in [0.4, 0.5) is 23.4 Å². The van der Waals surface area contributed by atoms with Gasteiger partial charge in [0.2, 0.25) is 5.88 Å². The number of methoxy groups -OCH3 is 1. The maximum atomic E-state index is 14.2. The summed E-state index contributed by atoms with van der Waals surface area (Å²) in [6.07, 6.45) is -2.03. The maximum Gasteiger partial charge on any atom is 0.573 e. The Morgan fingerprint density at radius 3 is 2.58 bits per heavy atom. The van der Waals surface area contributed by atoms with Crippen LogP contribution >= 0.6 is 0 Å². The molecule has 0 aliphatic carbocycles. The Kier molecular flexibility index (Phi) is 9.18. The molecule has 0 saturated heterocycles. The zero-order valence-electron chi connectivity index (χ0n) is 23.5. The Bertz CT molecular complexity index is 1830. The Labute approximate surface area is 252 Å². The molecular weight excluding hydrogens is 600 g/mol. The largest absolute Gasteiger partial charge is 0.573 e. The molecule has 3 aromatic heterocycles. The van der Waals surface area contributed by atoms with Gasteiger partial charge in [0.15, 0.2) is 11.5 Å². The first-order valence-electron chi connectivity index (χ1n) is 13.2. The van der Waals surface area contributed by atoms with Gasteiger partial charge in [-0.2, -0.15) is 5.10 Å². The average Bonchev–Trinajstić information content (AvgIpc) is 3.42. The third kappa shape index (κ3) is 8.08. The van der Waals surface area contributed by atoms with Gasteiger partial charge in [-0.1, -0.05) is 30.3 Å². The molecular formula is C30H24F4N6O5. The van der Waals surface area contributed by atoms with Gasteiger partial charge in [-0.3, -0.25) is 9.59 Å². The Morgan fingerprint density at radius 1 is 1.02 bits per heavy atom. The summed E-state index contributed by atoms with van der Waals surface area (Å²) in [6.45, 7) is -0.345. The minimum atomic E-state index is -4.96. The van der Waals surface area contributed by atoms with Crippen molar-refractivity contribution in [2.45, 2.75) is 19.5 Å². The van der Waals surface area contributed by atoms with Crippen molar-refractivity contribution >= 4 is 23.3 Å². The van der Waals surface area contributed by atoms with Gasteiger partial charge in [0.05, 0.1) is 25.6 Å². The summed E-state index contributed by atoms with van der Waals surface area (Å²) in [5.74, 6) is -2.40. The van der Waals surface area contributed by atoms with Crippen LogP contribution in [0, 0.1) is 5.82 Å². The van der Waals surface area contributed by atoms with E-state index in [1.165, 1.54) is 30.1 Å². The number of amides is 2. The molecule has 45 heavy (non-hydrogen) atoms. The van der Waals surface area contributed by atoms with E-state index in [1.807, 2.05) is 30.3 Å². The van der Waals surface area contributed by atoms with E-state index in [1.54, 1.807) is 12.1 Å². The fraction of sp³-hybridized carbons (Fsp3) is 0.167. The lowest BCUT2D eigenvalue weighted by molar-refractivity contribution is -0.274. The molecule has 0 aliphatic rings. The molecule has 5 rings (SSSR count). The van der Waals surface area contributed by atoms with Gasteiger partial charge in [0.1, 0.15) is 23.7 Å². The van der Waals surface area contributed by atoms with Gasteiger partial charge in [0, 0.05) is 23.9 Å². The average molecular weight is 625 g/mol. The molecule has 0 aliphatic heterocycles. The molecule has 232 valence electrons. The van der Waals surface area contributed by atoms with Crippen molar-refractivity contribution in [2.24, 2.45) is 0 Å². The highest BCUT2D eigenvalue weighted by Crippen LogP contribution is 2.26. The number of pyridine rings is 1. The Morgan fingerprint density at radius 2 is 1.82 bits per heavy atom. The summed E-state index contributed by atoms with van der Waals surface area (Å²) in [4.78, 5) is 33.8. The summed E-state index contributed by atoms with van der Waals surface area (Å²) in [7, 11) is 1.30. The normalized spacial score (nSPS) is 11.3. The van der Waals surface area contributed by atoms with E-state index in [9.17, 15) is 27.2 Å². The van der Waals surface area contributed by atoms with E-state index < -0.39 is 36.3 Å². The second-order valence-corrected chi connectivity index (χ2v) is 9.44. The van der Waals surface area contributed by atoms with Crippen LogP contribution in [0.25, 0.3) is 16.9 Å². The summed E-state index contributed by atoms with van der Waals surface area (Å²) < 4.78 is 67.8. The van der Waals surface area contributed by atoms with Crippen LogP contribution in [0.5, 0.6) is 11.6 Å². The topological polar surface area (TPSA) is 129 Å². The van der Waals surface area contributed by atoms with Crippen molar-refractivity contribution in [3.63, 3.8) is 0 Å². The van der Waals surface area contributed by atoms with Crippen molar-refractivity contribution in [1.82, 2.24) is 24.9 Å². The summed E-state index contributed by atoms with van der Waals surface area (Å²) in [5.41, 5.74) is 1.89. The van der Waals surface area contributed by atoms with Crippen LogP contribution in [0.15, 0.2) is 79.1 Å². The number of anilines is 1. The summed E-state index contributed by atoms with van der Waals surface area (Å²) >= 11 is 0. The number of ether oxygens (including phenoxy) is 3. The molecule has 0 bridgehead atoms. The number of alkyl halides is 3. The molecule has 0 atom stereocenters. The SMILES string of the molecule is COc1ncc(-c2ccc3nc(NC(=O)COCc4ccccc4)cn3n2)cc1C(=O)NCc1cc(OC(F)(F)F)ccc1F. The number of carbonyl (C=O) groups is 2. The van der Waals surface area contributed by atoms with Crippen LogP contribution in [0.1, 0.15) is 21.5 Å². The summed E-state index contributed by atoms with van der Waals surface area (Å²) in [5, 5.41) is 9.59. The van der Waals surface area contributed by atoms with Crippen molar-refractivity contribution < 1.29 is 41.4 Å². The number of imidazole rings is 1. The van der Waals surface area contributed by atoms with Crippen LogP contribution < -0.4 is 20.1 Å². The fourth-order valence-corrected chi connectivity index (χ4v) is 4.18. The molecule has 0 saturated carbocycles. The molecule has 0 fully saturated rings. The third-order valence-corrected chi connectivity index (χ3v) is 6.21. The first-order chi connectivity index (χ1) is 21.6. The first-order valence-corrected chi connectivity index (χ1v) is 13.2. The number of aromatic nitrogens is 4. The van der Waals surface area contributed by atoms with Crippen LogP contribution in [0.2, 0.25) is 0 Å². The van der Waals surface area contributed by atoms with E-state index in [-0.39, 0.29) is 36.0 Å². The number of hydrogen-bond donors (Lipinski definition) is 2. The zero-order valence-corrected chi connectivity index (χ0v) is 23.5. The molecule has 5 aromatic rings. The van der Waals surface area contributed by atoms with Crippen molar-refractivity contribution in [3.05, 3.63) is 102 Å². The third-order valence-electron chi connectivity index (χ3n) is 6.21. The smallest absolute Gasteiger partial charge is 0.480 e. The summed E-state index contributed by atoms with van der Waals surface area (Å²) in [6, 6.07) is 16.6. The van der Waals surface area contributed by atoms with Crippen molar-refractivity contribution in [2.75, 3.05) is 19.0 Å². The van der Waals surface area contributed by atoms with Gasteiger partial charge >= 0.3 is 6.36 Å². The molecule has 11 nitrogen and oxygen atoms in total. The molecule has 0 spiro atoms. The van der Waals surface area contributed by atoms with E-state index >= 15 is 0 Å². The maximum absolute atomic E-state index is 14.2. The predicted molar refractivity (Wildman–Crippen MR) is 152 cm³/mol. The number of nitrogens with one attached hydrogen (secondary N) is 2. The predicted octanol–water partition coefficient (Wildman–Crippen LogP) is 4.92. The zero-order chi connectivity index (χ0) is 32.0. The number of carbonyl (C=O) groups excluding carboxylic acids is 2. The highest BCUT2D eigenvalue weighted by molar-refractivity contribution is 5.97. The lowest BCUT2D eigenvalue weighted by Crippen LogP contribution is -2.24. The lowest BCUT2D eigenvalue weighted by atomic mass is 10.1. The van der Waals surface area contributed by atoms with Crippen LogP contribution in [-0.2, 0) is 22.7 Å². The fourth-order valence-electron chi connectivity index (χ4n) is 4.18. The number of rotatable bonds is 11. The second kappa shape index (κ2) is 13.4. The van der Waals surface area contributed by atoms with E-state index in [2.05, 4.69) is 30.4 Å². The monoisotopic (exact) mass is 624 g/mol. The standard InChI is InChI=1S/C30H24F4N6O5/c1-43-29-22(28(42)35-13-19-11-21(7-8-23(19)31)45-30(32,33)34)12-20(14-36-29)24-9-10-26-37-25(15-40(26)39-24)38-27(41)17-44-16-18-5-3-2-4-6-18/h2-12,14-15H,13,16-17H2,1H3,(H,35,42)(H,38,41). The number of nitrogens with zero attached hydrogens (tertiary/aromatic N) is 4. The highest BCUT2D eigenvalue weighted by atomic mass is 19.4. The highest BCUT2D eigenvalue weighted by Gasteiger charge is 2.31. The second-order valence-electron chi connectivity index (χ2n) is 9.44. The van der Waals surface area contributed by atoms with Crippen LogP contribution in [0.3, 0.4) is 0 Å². The number of halogens is 4. The van der Waals surface area contributed by atoms with Gasteiger partial charge in [0.25, 0.3) is 11.8 Å². The van der Waals surface area contributed by atoms with E-state index in [4.69, 9.17) is 9.47 Å².